The van der Waals surface area contributed by atoms with Gasteiger partial charge in [-0.15, -0.1) is 0 Å². The van der Waals surface area contributed by atoms with E-state index in [9.17, 15) is 4.79 Å². The van der Waals surface area contributed by atoms with Crippen LogP contribution in [0.25, 0.3) is 0 Å². The summed E-state index contributed by atoms with van der Waals surface area (Å²) in [5, 5.41) is 0. The van der Waals surface area contributed by atoms with E-state index in [4.69, 9.17) is 0 Å². The molecule has 1 aromatic rings. The molecule has 0 bridgehead atoms. The van der Waals surface area contributed by atoms with E-state index in [0.29, 0.717) is 6.54 Å². The molecule has 3 heteroatoms. The molecule has 0 aliphatic heterocycles. The predicted molar refractivity (Wildman–Crippen MR) is 65.9 cm³/mol. The van der Waals surface area contributed by atoms with Crippen molar-refractivity contribution in [1.29, 1.82) is 0 Å². The average Bonchev–Trinajstić information content (AvgIpc) is 2.22. The van der Waals surface area contributed by atoms with E-state index < -0.39 is 0 Å². The van der Waals surface area contributed by atoms with E-state index in [1.165, 1.54) is 5.56 Å². The Kier molecular flexibility index (Phi) is 4.38. The number of amides is 1. The van der Waals surface area contributed by atoms with Crippen LogP contribution >= 0.6 is 15.9 Å². The van der Waals surface area contributed by atoms with Crippen molar-refractivity contribution in [2.75, 3.05) is 11.4 Å². The number of carbonyl (C=O) groups is 1. The van der Waals surface area contributed by atoms with Crippen LogP contribution in [0.3, 0.4) is 0 Å². The van der Waals surface area contributed by atoms with Gasteiger partial charge in [0.1, 0.15) is 0 Å². The maximum atomic E-state index is 11.6. The zero-order valence-corrected chi connectivity index (χ0v) is 10.3. The highest BCUT2D eigenvalue weighted by Crippen LogP contribution is 2.14. The molecule has 0 fully saturated rings. The molecule has 0 heterocycles. The number of hydrogen-bond donors (Lipinski definition) is 0. The maximum absolute atomic E-state index is 11.6. The van der Waals surface area contributed by atoms with Gasteiger partial charge in [-0.2, -0.15) is 0 Å². The first-order valence-electron chi connectivity index (χ1n) is 4.69. The number of hydrogen-bond acceptors (Lipinski definition) is 1. The Labute approximate surface area is 98.4 Å². The molecule has 0 radical (unpaired) electrons. The van der Waals surface area contributed by atoms with E-state index in [1.54, 1.807) is 4.90 Å². The minimum Gasteiger partial charge on any atom is -0.302 e. The lowest BCUT2D eigenvalue weighted by Gasteiger charge is -2.17. The van der Waals surface area contributed by atoms with Crippen LogP contribution in [0.5, 0.6) is 0 Å². The van der Waals surface area contributed by atoms with E-state index in [2.05, 4.69) is 26.7 Å². The van der Waals surface area contributed by atoms with E-state index >= 15 is 0 Å². The lowest BCUT2D eigenvalue weighted by atomic mass is 10.2. The van der Waals surface area contributed by atoms with Gasteiger partial charge in [-0.05, 0) is 30.8 Å². The number of nitrogens with zero attached hydrogens (tertiary/aromatic N) is 1. The molecule has 0 saturated carbocycles. The van der Waals surface area contributed by atoms with Gasteiger partial charge >= 0.3 is 5.91 Å². The summed E-state index contributed by atoms with van der Waals surface area (Å²) in [4.78, 5) is 15.6. The third kappa shape index (κ3) is 3.10. The molecule has 0 aromatic heterocycles. The minimum atomic E-state index is -0.196. The lowest BCUT2D eigenvalue weighted by molar-refractivity contribution is -0.113. The molecule has 0 saturated heterocycles. The van der Waals surface area contributed by atoms with E-state index in [-0.39, 0.29) is 5.91 Å². The first kappa shape index (κ1) is 11.8. The van der Waals surface area contributed by atoms with Crippen molar-refractivity contribution in [3.05, 3.63) is 29.8 Å². The normalized spacial score (nSPS) is 9.00. The van der Waals surface area contributed by atoms with Crippen LogP contribution in [0.4, 0.5) is 5.69 Å². The second-order valence-electron chi connectivity index (χ2n) is 3.10. The molecule has 15 heavy (non-hydrogen) atoms. The standard InChI is InChI=1S/C12H12BrNO/c1-3-14(12(15)8-9-13)11-6-4-10(2)5-7-11/h4-7H,3H2,1-2H3. The van der Waals surface area contributed by atoms with Gasteiger partial charge in [0.15, 0.2) is 0 Å². The van der Waals surface area contributed by atoms with Gasteiger partial charge in [-0.3, -0.25) is 4.79 Å². The smallest absolute Gasteiger partial charge is 0.302 e. The van der Waals surface area contributed by atoms with Crippen molar-refractivity contribution in [3.8, 4) is 10.8 Å². The maximum Gasteiger partial charge on any atom is 0.303 e. The van der Waals surface area contributed by atoms with Crippen LogP contribution in [0.1, 0.15) is 12.5 Å². The van der Waals surface area contributed by atoms with Crippen LogP contribution in [-0.2, 0) is 4.79 Å². The zero-order chi connectivity index (χ0) is 11.3. The molecule has 0 unspecified atom stereocenters. The summed E-state index contributed by atoms with van der Waals surface area (Å²) in [6, 6.07) is 7.80. The van der Waals surface area contributed by atoms with Gasteiger partial charge in [0.2, 0.25) is 0 Å². The lowest BCUT2D eigenvalue weighted by Crippen LogP contribution is -2.29. The average molecular weight is 266 g/mol. The number of halogens is 1. The second kappa shape index (κ2) is 5.57. The van der Waals surface area contributed by atoms with E-state index in [1.807, 2.05) is 38.1 Å². The van der Waals surface area contributed by atoms with Crippen molar-refractivity contribution in [2.24, 2.45) is 0 Å². The van der Waals surface area contributed by atoms with Crippen LogP contribution in [0, 0.1) is 17.7 Å². The summed E-state index contributed by atoms with van der Waals surface area (Å²) < 4.78 is 0. The molecule has 1 aromatic carbocycles. The molecular weight excluding hydrogens is 254 g/mol. The molecule has 1 amide bonds. The molecule has 0 atom stereocenters. The Morgan fingerprint density at radius 1 is 1.40 bits per heavy atom. The number of rotatable bonds is 2. The summed E-state index contributed by atoms with van der Waals surface area (Å²) in [7, 11) is 0. The topological polar surface area (TPSA) is 20.3 Å². The first-order chi connectivity index (χ1) is 7.19. The first-order valence-corrected chi connectivity index (χ1v) is 5.48. The van der Waals surface area contributed by atoms with Gasteiger partial charge in [-0.1, -0.05) is 17.7 Å². The third-order valence-electron chi connectivity index (χ3n) is 2.06. The Morgan fingerprint density at radius 3 is 2.47 bits per heavy atom. The summed E-state index contributed by atoms with van der Waals surface area (Å²) in [6.45, 7) is 4.55. The third-order valence-corrected chi connectivity index (χ3v) is 2.26. The van der Waals surface area contributed by atoms with Crippen molar-refractivity contribution in [2.45, 2.75) is 13.8 Å². The summed E-state index contributed by atoms with van der Waals surface area (Å²) in [5.41, 5.74) is 2.05. The second-order valence-corrected chi connectivity index (χ2v) is 3.50. The largest absolute Gasteiger partial charge is 0.303 e. The quantitative estimate of drug-likeness (QED) is 0.754. The fraction of sp³-hybridized carbons (Fsp3) is 0.250. The molecule has 0 spiro atoms. The molecule has 2 nitrogen and oxygen atoms in total. The van der Waals surface area contributed by atoms with Crippen molar-refractivity contribution >= 4 is 27.5 Å². The number of benzene rings is 1. The highest BCUT2D eigenvalue weighted by atomic mass is 79.9. The fourth-order valence-electron chi connectivity index (χ4n) is 1.28. The van der Waals surface area contributed by atoms with Gasteiger partial charge in [0.05, 0.1) is 0 Å². The van der Waals surface area contributed by atoms with Gasteiger partial charge in [-0.25, -0.2) is 0 Å². The monoisotopic (exact) mass is 265 g/mol. The molecule has 0 N–H and O–H groups in total. The Balaban J connectivity index is 2.95. The Morgan fingerprint density at radius 2 is 2.00 bits per heavy atom. The summed E-state index contributed by atoms with van der Waals surface area (Å²) in [6.07, 6.45) is 0. The Hall–Kier alpha value is -1.27. The molecular formula is C12H12BrNO. The SMILES string of the molecule is CCN(C(=O)C#CBr)c1ccc(C)cc1. The zero-order valence-electron chi connectivity index (χ0n) is 8.75. The highest BCUT2D eigenvalue weighted by molar-refractivity contribution is 9.12. The van der Waals surface area contributed by atoms with Gasteiger partial charge in [0, 0.05) is 34.1 Å². The molecule has 0 aliphatic carbocycles. The molecule has 0 aliphatic rings. The number of carbonyl (C=O) groups excluding carboxylic acids is 1. The fourth-order valence-corrected chi connectivity index (χ4v) is 1.45. The highest BCUT2D eigenvalue weighted by Gasteiger charge is 2.10. The van der Waals surface area contributed by atoms with Crippen molar-refractivity contribution in [3.63, 3.8) is 0 Å². The van der Waals surface area contributed by atoms with Crippen molar-refractivity contribution < 1.29 is 4.79 Å². The predicted octanol–water partition coefficient (Wildman–Crippen LogP) is 2.70. The van der Waals surface area contributed by atoms with Crippen LogP contribution in [-0.4, -0.2) is 12.5 Å². The minimum absolute atomic E-state index is 0.196. The molecule has 78 valence electrons. The summed E-state index contributed by atoms with van der Waals surface area (Å²) in [5.74, 6) is 2.27. The molecule has 1 rings (SSSR count). The van der Waals surface area contributed by atoms with Crippen LogP contribution in [0.15, 0.2) is 24.3 Å². The number of aryl methyl sites for hydroxylation is 1. The van der Waals surface area contributed by atoms with E-state index in [0.717, 1.165) is 5.69 Å². The number of anilines is 1. The van der Waals surface area contributed by atoms with Crippen molar-refractivity contribution in [1.82, 2.24) is 0 Å². The van der Waals surface area contributed by atoms with Gasteiger partial charge < -0.3 is 4.90 Å². The Bertz CT molecular complexity index is 400. The van der Waals surface area contributed by atoms with Crippen LogP contribution in [0.2, 0.25) is 0 Å². The summed E-state index contributed by atoms with van der Waals surface area (Å²) >= 11 is 2.92. The van der Waals surface area contributed by atoms with Crippen LogP contribution < -0.4 is 4.90 Å². The van der Waals surface area contributed by atoms with Gasteiger partial charge in [0.25, 0.3) is 0 Å².